The molecule has 0 unspecified atom stereocenters. The summed E-state index contributed by atoms with van der Waals surface area (Å²) in [6, 6.07) is 31.0. The van der Waals surface area contributed by atoms with Crippen molar-refractivity contribution in [1.82, 2.24) is 0 Å². The van der Waals surface area contributed by atoms with Gasteiger partial charge >= 0.3 is 0 Å². The van der Waals surface area contributed by atoms with Crippen molar-refractivity contribution < 1.29 is 14.2 Å². The SMILES string of the molecule is c1ccc(COC[C@@H]2SCC[C@@H](OCc3ccccc3)[C@@H]2OCc2ccccc2)cc1. The Kier molecular flexibility index (Phi) is 8.60. The monoisotopic (exact) mass is 434 g/mol. The third kappa shape index (κ3) is 6.94. The van der Waals surface area contributed by atoms with Crippen LogP contribution in [-0.2, 0) is 34.0 Å². The first-order valence-corrected chi connectivity index (χ1v) is 12.0. The molecule has 1 fully saturated rings. The van der Waals surface area contributed by atoms with Crippen LogP contribution in [0.5, 0.6) is 0 Å². The minimum Gasteiger partial charge on any atom is -0.376 e. The Hall–Kier alpha value is -2.11. The van der Waals surface area contributed by atoms with E-state index in [-0.39, 0.29) is 17.5 Å². The van der Waals surface area contributed by atoms with Crippen molar-refractivity contribution in [2.45, 2.75) is 43.7 Å². The maximum atomic E-state index is 6.46. The molecule has 31 heavy (non-hydrogen) atoms. The lowest BCUT2D eigenvalue weighted by atomic mass is 10.1. The van der Waals surface area contributed by atoms with Crippen LogP contribution >= 0.6 is 11.8 Å². The third-order valence-corrected chi connectivity index (χ3v) is 6.76. The van der Waals surface area contributed by atoms with Crippen molar-refractivity contribution in [3.05, 3.63) is 108 Å². The molecule has 0 aliphatic carbocycles. The summed E-state index contributed by atoms with van der Waals surface area (Å²) >= 11 is 1.94. The van der Waals surface area contributed by atoms with Crippen LogP contribution in [0.4, 0.5) is 0 Å². The normalized spacial score (nSPS) is 21.1. The zero-order valence-corrected chi connectivity index (χ0v) is 18.6. The van der Waals surface area contributed by atoms with Crippen molar-refractivity contribution >= 4 is 11.8 Å². The highest BCUT2D eigenvalue weighted by Crippen LogP contribution is 2.32. The highest BCUT2D eigenvalue weighted by atomic mass is 32.2. The van der Waals surface area contributed by atoms with Crippen LogP contribution in [0.2, 0.25) is 0 Å². The molecule has 0 spiro atoms. The average molecular weight is 435 g/mol. The van der Waals surface area contributed by atoms with E-state index in [2.05, 4.69) is 60.7 Å². The van der Waals surface area contributed by atoms with Gasteiger partial charge in [-0.05, 0) is 28.9 Å². The summed E-state index contributed by atoms with van der Waals surface area (Å²) in [5.74, 6) is 1.06. The molecule has 0 saturated carbocycles. The van der Waals surface area contributed by atoms with Gasteiger partial charge in [-0.25, -0.2) is 0 Å². The highest BCUT2D eigenvalue weighted by Gasteiger charge is 2.35. The molecule has 4 rings (SSSR count). The Morgan fingerprint density at radius 3 is 1.74 bits per heavy atom. The van der Waals surface area contributed by atoms with Gasteiger partial charge in [-0.15, -0.1) is 0 Å². The summed E-state index contributed by atoms with van der Waals surface area (Å²) in [6.45, 7) is 2.48. The predicted molar refractivity (Wildman–Crippen MR) is 127 cm³/mol. The van der Waals surface area contributed by atoms with Gasteiger partial charge in [-0.3, -0.25) is 0 Å². The van der Waals surface area contributed by atoms with Gasteiger partial charge in [-0.2, -0.15) is 11.8 Å². The number of thioether (sulfide) groups is 1. The fourth-order valence-electron chi connectivity index (χ4n) is 3.78. The molecule has 3 nitrogen and oxygen atoms in total. The Morgan fingerprint density at radius 2 is 1.16 bits per heavy atom. The molecule has 1 saturated heterocycles. The van der Waals surface area contributed by atoms with E-state index >= 15 is 0 Å². The van der Waals surface area contributed by atoms with Crippen molar-refractivity contribution in [2.75, 3.05) is 12.4 Å². The minimum atomic E-state index is -0.00144. The Balaban J connectivity index is 1.38. The molecule has 3 aromatic rings. The molecule has 162 valence electrons. The van der Waals surface area contributed by atoms with E-state index < -0.39 is 0 Å². The van der Waals surface area contributed by atoms with E-state index in [4.69, 9.17) is 14.2 Å². The van der Waals surface area contributed by atoms with Gasteiger partial charge in [0.2, 0.25) is 0 Å². The van der Waals surface area contributed by atoms with Crippen molar-refractivity contribution in [2.24, 2.45) is 0 Å². The van der Waals surface area contributed by atoms with E-state index in [1.807, 2.05) is 42.1 Å². The van der Waals surface area contributed by atoms with E-state index in [0.29, 0.717) is 26.4 Å². The first-order valence-electron chi connectivity index (χ1n) is 10.9. The summed E-state index contributed by atoms with van der Waals surface area (Å²) < 4.78 is 18.9. The zero-order valence-electron chi connectivity index (χ0n) is 17.8. The van der Waals surface area contributed by atoms with Crippen molar-refractivity contribution in [1.29, 1.82) is 0 Å². The molecule has 1 aliphatic rings. The second-order valence-corrected chi connectivity index (χ2v) is 9.14. The second-order valence-electron chi connectivity index (χ2n) is 7.79. The molecule has 4 heteroatoms. The van der Waals surface area contributed by atoms with Gasteiger partial charge < -0.3 is 14.2 Å². The molecule has 1 heterocycles. The number of rotatable bonds is 10. The van der Waals surface area contributed by atoms with Gasteiger partial charge in [0.1, 0.15) is 0 Å². The van der Waals surface area contributed by atoms with Gasteiger partial charge in [0.15, 0.2) is 0 Å². The lowest BCUT2D eigenvalue weighted by Crippen LogP contribution is -2.45. The molecule has 3 atom stereocenters. The van der Waals surface area contributed by atoms with Crippen LogP contribution in [0.25, 0.3) is 0 Å². The van der Waals surface area contributed by atoms with Crippen molar-refractivity contribution in [3.63, 3.8) is 0 Å². The van der Waals surface area contributed by atoms with Crippen LogP contribution in [0.15, 0.2) is 91.0 Å². The molecule has 0 bridgehead atoms. The number of ether oxygens (including phenoxy) is 3. The van der Waals surface area contributed by atoms with Crippen LogP contribution in [0, 0.1) is 0 Å². The minimum absolute atomic E-state index is 0.00144. The molecule has 0 N–H and O–H groups in total. The second kappa shape index (κ2) is 12.1. The number of hydrogen-bond donors (Lipinski definition) is 0. The zero-order chi connectivity index (χ0) is 21.1. The summed E-state index contributed by atoms with van der Waals surface area (Å²) in [5, 5.41) is 0.252. The van der Waals surface area contributed by atoms with Gasteiger partial charge in [0, 0.05) is 0 Å². The van der Waals surface area contributed by atoms with Gasteiger partial charge in [0.25, 0.3) is 0 Å². The number of hydrogen-bond acceptors (Lipinski definition) is 4. The molecule has 1 aliphatic heterocycles. The maximum Gasteiger partial charge on any atom is 0.0982 e. The Bertz CT molecular complexity index is 873. The van der Waals surface area contributed by atoms with Crippen LogP contribution < -0.4 is 0 Å². The molecular weight excluding hydrogens is 404 g/mol. The summed E-state index contributed by atoms with van der Waals surface area (Å²) in [6.07, 6.45) is 1.06. The molecule has 0 aromatic heterocycles. The quantitative estimate of drug-likeness (QED) is 0.398. The molecular formula is C27H30O3S. The largest absolute Gasteiger partial charge is 0.376 e. The summed E-state index contributed by atoms with van der Waals surface area (Å²) in [7, 11) is 0. The van der Waals surface area contributed by atoms with Crippen molar-refractivity contribution in [3.8, 4) is 0 Å². The predicted octanol–water partition coefficient (Wildman–Crippen LogP) is 5.88. The molecule has 0 amide bonds. The van der Waals surface area contributed by atoms with E-state index in [0.717, 1.165) is 12.2 Å². The summed E-state index contributed by atoms with van der Waals surface area (Å²) in [4.78, 5) is 0. The van der Waals surface area contributed by atoms with Crippen LogP contribution in [0.1, 0.15) is 23.1 Å². The highest BCUT2D eigenvalue weighted by molar-refractivity contribution is 8.00. The van der Waals surface area contributed by atoms with Gasteiger partial charge in [0.05, 0.1) is 43.9 Å². The third-order valence-electron chi connectivity index (χ3n) is 5.45. The van der Waals surface area contributed by atoms with Crippen LogP contribution in [0.3, 0.4) is 0 Å². The smallest absolute Gasteiger partial charge is 0.0982 e. The molecule has 0 radical (unpaired) electrons. The Morgan fingerprint density at radius 1 is 0.645 bits per heavy atom. The van der Waals surface area contributed by atoms with E-state index in [1.165, 1.54) is 16.7 Å². The maximum absolute atomic E-state index is 6.46. The van der Waals surface area contributed by atoms with Crippen LogP contribution in [-0.4, -0.2) is 29.8 Å². The fraction of sp³-hybridized carbons (Fsp3) is 0.333. The van der Waals surface area contributed by atoms with E-state index in [9.17, 15) is 0 Å². The van der Waals surface area contributed by atoms with Gasteiger partial charge in [-0.1, -0.05) is 91.0 Å². The van der Waals surface area contributed by atoms with E-state index in [1.54, 1.807) is 0 Å². The molecule has 3 aromatic carbocycles. The Labute approximate surface area is 189 Å². The lowest BCUT2D eigenvalue weighted by Gasteiger charge is -2.37. The fourth-order valence-corrected chi connectivity index (χ4v) is 5.09. The first-order chi connectivity index (χ1) is 15.4. The average Bonchev–Trinajstić information content (AvgIpc) is 2.84. The topological polar surface area (TPSA) is 27.7 Å². The summed E-state index contributed by atoms with van der Waals surface area (Å²) in [5.41, 5.74) is 3.57. The lowest BCUT2D eigenvalue weighted by molar-refractivity contribution is -0.0966. The first kappa shape index (κ1) is 22.1. The standard InChI is InChI=1S/C27H30O3S/c1-4-10-22(11-5-1)18-28-21-26-27(30-20-24-14-8-3-9-15-24)25(16-17-31-26)29-19-23-12-6-2-7-13-23/h1-15,25-27H,16-21H2/t25-,26+,27+/m1/s1. The number of benzene rings is 3.